The van der Waals surface area contributed by atoms with E-state index >= 15 is 0 Å². The van der Waals surface area contributed by atoms with E-state index in [1.54, 1.807) is 23.1 Å². The van der Waals surface area contributed by atoms with Crippen molar-refractivity contribution in [1.82, 2.24) is 0 Å². The van der Waals surface area contributed by atoms with Gasteiger partial charge < -0.3 is 20.5 Å². The lowest BCUT2D eigenvalue weighted by molar-refractivity contribution is -0.121. The first kappa shape index (κ1) is 13.5. The van der Waals surface area contributed by atoms with E-state index in [0.717, 1.165) is 11.1 Å². The van der Waals surface area contributed by atoms with Crippen LogP contribution in [0, 0.1) is 0 Å². The van der Waals surface area contributed by atoms with E-state index < -0.39 is 0 Å². The summed E-state index contributed by atoms with van der Waals surface area (Å²) in [6.07, 6.45) is 0. The fraction of sp³-hybridized carbons (Fsp3) is 0.188. The lowest BCUT2D eigenvalue weighted by atomic mass is 10.1. The van der Waals surface area contributed by atoms with Crippen LogP contribution < -0.4 is 15.4 Å². The standard InChI is InChI=1S/C16H16N2O3/c17-13-5-6-15-14(7-13)18(16(20)10-21-15)8-11-1-3-12(9-19)4-2-11/h1-7,19H,8-10,17H2. The summed E-state index contributed by atoms with van der Waals surface area (Å²) in [7, 11) is 0. The number of aliphatic hydroxyl groups is 1. The van der Waals surface area contributed by atoms with Gasteiger partial charge in [0.2, 0.25) is 0 Å². The third kappa shape index (κ3) is 2.68. The van der Waals surface area contributed by atoms with Gasteiger partial charge >= 0.3 is 0 Å². The molecule has 0 spiro atoms. The third-order valence-corrected chi connectivity index (χ3v) is 3.47. The van der Waals surface area contributed by atoms with Crippen LogP contribution in [0.1, 0.15) is 11.1 Å². The van der Waals surface area contributed by atoms with Crippen LogP contribution in [0.15, 0.2) is 42.5 Å². The minimum absolute atomic E-state index is 0.0101. The number of ether oxygens (including phenoxy) is 1. The monoisotopic (exact) mass is 284 g/mol. The molecule has 2 aromatic rings. The molecule has 0 aromatic heterocycles. The zero-order valence-corrected chi connectivity index (χ0v) is 11.5. The molecule has 1 heterocycles. The number of hydrogen-bond donors (Lipinski definition) is 2. The van der Waals surface area contributed by atoms with Crippen LogP contribution in [0.3, 0.4) is 0 Å². The van der Waals surface area contributed by atoms with Gasteiger partial charge in [0.1, 0.15) is 5.75 Å². The molecule has 5 heteroatoms. The SMILES string of the molecule is Nc1ccc2c(c1)N(Cc1ccc(CO)cc1)C(=O)CO2. The molecule has 0 saturated heterocycles. The van der Waals surface area contributed by atoms with Crippen molar-refractivity contribution >= 4 is 17.3 Å². The minimum Gasteiger partial charge on any atom is -0.482 e. The van der Waals surface area contributed by atoms with Gasteiger partial charge in [0.15, 0.2) is 6.61 Å². The zero-order valence-electron chi connectivity index (χ0n) is 11.5. The highest BCUT2D eigenvalue weighted by Crippen LogP contribution is 2.34. The van der Waals surface area contributed by atoms with Crippen molar-refractivity contribution in [1.29, 1.82) is 0 Å². The zero-order chi connectivity index (χ0) is 14.8. The van der Waals surface area contributed by atoms with Crippen LogP contribution >= 0.6 is 0 Å². The smallest absolute Gasteiger partial charge is 0.265 e. The molecule has 0 aliphatic carbocycles. The Morgan fingerprint density at radius 3 is 2.57 bits per heavy atom. The lowest BCUT2D eigenvalue weighted by Gasteiger charge is -2.29. The Morgan fingerprint density at radius 1 is 1.14 bits per heavy atom. The van der Waals surface area contributed by atoms with Gasteiger partial charge in [-0.15, -0.1) is 0 Å². The van der Waals surface area contributed by atoms with Crippen LogP contribution in [0.5, 0.6) is 5.75 Å². The van der Waals surface area contributed by atoms with Gasteiger partial charge in [0, 0.05) is 5.69 Å². The summed E-state index contributed by atoms with van der Waals surface area (Å²) in [4.78, 5) is 13.8. The van der Waals surface area contributed by atoms with Crippen LogP contribution in [-0.4, -0.2) is 17.6 Å². The fourth-order valence-corrected chi connectivity index (χ4v) is 2.33. The quantitative estimate of drug-likeness (QED) is 0.841. The molecule has 1 amide bonds. The molecular formula is C16H16N2O3. The van der Waals surface area contributed by atoms with Crippen LogP contribution in [0.2, 0.25) is 0 Å². The number of rotatable bonds is 3. The first-order chi connectivity index (χ1) is 10.2. The molecule has 0 bridgehead atoms. The maximum absolute atomic E-state index is 12.1. The highest BCUT2D eigenvalue weighted by Gasteiger charge is 2.25. The molecule has 0 atom stereocenters. The van der Waals surface area contributed by atoms with Crippen molar-refractivity contribution in [2.45, 2.75) is 13.2 Å². The van der Waals surface area contributed by atoms with Gasteiger partial charge in [-0.2, -0.15) is 0 Å². The number of amides is 1. The minimum atomic E-state index is -0.0978. The number of fused-ring (bicyclic) bond motifs is 1. The molecule has 0 radical (unpaired) electrons. The first-order valence-electron chi connectivity index (χ1n) is 6.69. The Morgan fingerprint density at radius 2 is 1.86 bits per heavy atom. The maximum atomic E-state index is 12.1. The molecule has 5 nitrogen and oxygen atoms in total. The average Bonchev–Trinajstić information content (AvgIpc) is 2.51. The normalized spacial score (nSPS) is 13.8. The summed E-state index contributed by atoms with van der Waals surface area (Å²) < 4.78 is 5.42. The highest BCUT2D eigenvalue weighted by atomic mass is 16.5. The number of nitrogens with zero attached hydrogens (tertiary/aromatic N) is 1. The number of carbonyl (C=O) groups is 1. The van der Waals surface area contributed by atoms with E-state index in [1.807, 2.05) is 24.3 Å². The topological polar surface area (TPSA) is 75.8 Å². The number of aliphatic hydroxyl groups excluding tert-OH is 1. The van der Waals surface area contributed by atoms with E-state index in [2.05, 4.69) is 0 Å². The Hall–Kier alpha value is -2.53. The van der Waals surface area contributed by atoms with Gasteiger partial charge in [-0.1, -0.05) is 24.3 Å². The van der Waals surface area contributed by atoms with Crippen LogP contribution in [0.25, 0.3) is 0 Å². The predicted molar refractivity (Wildman–Crippen MR) is 79.9 cm³/mol. The molecule has 3 N–H and O–H groups in total. The second-order valence-electron chi connectivity index (χ2n) is 4.97. The molecule has 108 valence electrons. The number of hydrogen-bond acceptors (Lipinski definition) is 4. The van der Waals surface area contributed by atoms with Crippen molar-refractivity contribution < 1.29 is 14.6 Å². The fourth-order valence-electron chi connectivity index (χ4n) is 2.33. The second kappa shape index (κ2) is 5.46. The molecule has 3 rings (SSSR count). The van der Waals surface area contributed by atoms with Gasteiger partial charge in [-0.25, -0.2) is 0 Å². The second-order valence-corrected chi connectivity index (χ2v) is 4.97. The summed E-state index contributed by atoms with van der Waals surface area (Å²) in [5.41, 5.74) is 8.91. The van der Waals surface area contributed by atoms with Gasteiger partial charge in [-0.05, 0) is 29.3 Å². The number of carbonyl (C=O) groups excluding carboxylic acids is 1. The number of nitrogen functional groups attached to an aromatic ring is 1. The molecule has 0 unspecified atom stereocenters. The molecule has 1 aliphatic heterocycles. The summed E-state index contributed by atoms with van der Waals surface area (Å²) in [6.45, 7) is 0.492. The summed E-state index contributed by atoms with van der Waals surface area (Å²) in [5, 5.41) is 9.06. The Balaban J connectivity index is 1.90. The molecule has 0 fully saturated rings. The van der Waals surface area contributed by atoms with Crippen molar-refractivity contribution in [2.24, 2.45) is 0 Å². The highest BCUT2D eigenvalue weighted by molar-refractivity contribution is 5.98. The Bertz CT molecular complexity index is 668. The van der Waals surface area contributed by atoms with Gasteiger partial charge in [0.25, 0.3) is 5.91 Å². The van der Waals surface area contributed by atoms with Crippen molar-refractivity contribution in [3.05, 3.63) is 53.6 Å². The number of anilines is 2. The van der Waals surface area contributed by atoms with Gasteiger partial charge in [-0.3, -0.25) is 4.79 Å². The molecule has 0 saturated carbocycles. The van der Waals surface area contributed by atoms with Crippen molar-refractivity contribution in [3.8, 4) is 5.75 Å². The van der Waals surface area contributed by atoms with E-state index in [4.69, 9.17) is 15.6 Å². The summed E-state index contributed by atoms with van der Waals surface area (Å²) in [5.74, 6) is 0.565. The molecular weight excluding hydrogens is 268 g/mol. The van der Waals surface area contributed by atoms with Gasteiger partial charge in [0.05, 0.1) is 18.8 Å². The first-order valence-corrected chi connectivity index (χ1v) is 6.69. The van der Waals surface area contributed by atoms with Crippen molar-refractivity contribution in [2.75, 3.05) is 17.2 Å². The molecule has 21 heavy (non-hydrogen) atoms. The van der Waals surface area contributed by atoms with Crippen molar-refractivity contribution in [3.63, 3.8) is 0 Å². The van der Waals surface area contributed by atoms with E-state index in [-0.39, 0.29) is 19.1 Å². The van der Waals surface area contributed by atoms with Crippen LogP contribution in [-0.2, 0) is 17.9 Å². The molecule has 1 aliphatic rings. The van der Waals surface area contributed by atoms with E-state index in [0.29, 0.717) is 23.7 Å². The lowest BCUT2D eigenvalue weighted by Crippen LogP contribution is -2.38. The summed E-state index contributed by atoms with van der Waals surface area (Å²) >= 11 is 0. The Kier molecular flexibility index (Phi) is 3.50. The predicted octanol–water partition coefficient (Wildman–Crippen LogP) is 1.69. The largest absolute Gasteiger partial charge is 0.482 e. The Labute approximate surface area is 122 Å². The number of nitrogens with two attached hydrogens (primary N) is 1. The third-order valence-electron chi connectivity index (χ3n) is 3.47. The van der Waals surface area contributed by atoms with E-state index in [9.17, 15) is 4.79 Å². The summed E-state index contributed by atoms with van der Waals surface area (Å²) in [6, 6.07) is 12.8. The molecule has 2 aromatic carbocycles. The number of benzene rings is 2. The maximum Gasteiger partial charge on any atom is 0.265 e. The average molecular weight is 284 g/mol. The van der Waals surface area contributed by atoms with Crippen LogP contribution in [0.4, 0.5) is 11.4 Å². The van der Waals surface area contributed by atoms with E-state index in [1.165, 1.54) is 0 Å².